The number of hydrogen-bond donors (Lipinski definition) is 2. The van der Waals surface area contributed by atoms with Crippen molar-refractivity contribution in [1.82, 2.24) is 0 Å². The highest BCUT2D eigenvalue weighted by molar-refractivity contribution is 6.04. The first-order valence-electron chi connectivity index (χ1n) is 11.9. The molecule has 36 heavy (non-hydrogen) atoms. The highest BCUT2D eigenvalue weighted by Gasteiger charge is 2.26. The summed E-state index contributed by atoms with van der Waals surface area (Å²) in [6.07, 6.45) is 2.37. The summed E-state index contributed by atoms with van der Waals surface area (Å²) in [4.78, 5) is 40.4. The Kier molecular flexibility index (Phi) is 8.45. The fourth-order valence-electron chi connectivity index (χ4n) is 3.82. The second kappa shape index (κ2) is 11.3. The molecule has 2 aromatic rings. The molecule has 194 valence electrons. The molecule has 2 amide bonds. The van der Waals surface area contributed by atoms with Gasteiger partial charge in [0.1, 0.15) is 0 Å². The van der Waals surface area contributed by atoms with Crippen LogP contribution in [0.15, 0.2) is 30.3 Å². The largest absolute Gasteiger partial charge is 0.493 e. The third kappa shape index (κ3) is 6.47. The van der Waals surface area contributed by atoms with Gasteiger partial charge in [-0.25, -0.2) is 4.79 Å². The predicted molar refractivity (Wildman–Crippen MR) is 139 cm³/mol. The minimum Gasteiger partial charge on any atom is -0.493 e. The smallest absolute Gasteiger partial charge is 0.340 e. The molecular formula is C27H35N3O6. The van der Waals surface area contributed by atoms with Crippen molar-refractivity contribution in [2.45, 2.75) is 40.5 Å². The van der Waals surface area contributed by atoms with Gasteiger partial charge in [0.2, 0.25) is 5.91 Å². The third-order valence-corrected chi connectivity index (χ3v) is 5.96. The van der Waals surface area contributed by atoms with E-state index in [0.717, 1.165) is 24.3 Å². The number of carbonyl (C=O) groups is 3. The zero-order valence-electron chi connectivity index (χ0n) is 21.8. The Morgan fingerprint density at radius 1 is 0.917 bits per heavy atom. The van der Waals surface area contributed by atoms with Gasteiger partial charge in [-0.05, 0) is 43.5 Å². The lowest BCUT2D eigenvalue weighted by Crippen LogP contribution is -2.29. The Labute approximate surface area is 212 Å². The molecule has 2 N–H and O–H groups in total. The third-order valence-electron chi connectivity index (χ3n) is 5.96. The van der Waals surface area contributed by atoms with Crippen LogP contribution in [0.5, 0.6) is 11.5 Å². The lowest BCUT2D eigenvalue weighted by atomic mass is 9.95. The van der Waals surface area contributed by atoms with Crippen molar-refractivity contribution < 1.29 is 28.6 Å². The summed E-state index contributed by atoms with van der Waals surface area (Å²) in [7, 11) is 2.89. The van der Waals surface area contributed by atoms with Crippen LogP contribution in [0.4, 0.5) is 17.1 Å². The van der Waals surface area contributed by atoms with Gasteiger partial charge in [-0.2, -0.15) is 0 Å². The Hall–Kier alpha value is -3.75. The minimum absolute atomic E-state index is 0.0456. The number of hydrogen-bond acceptors (Lipinski definition) is 7. The molecule has 1 fully saturated rings. The van der Waals surface area contributed by atoms with E-state index in [4.69, 9.17) is 14.2 Å². The first-order chi connectivity index (χ1) is 17.0. The van der Waals surface area contributed by atoms with Gasteiger partial charge in [0, 0.05) is 42.0 Å². The van der Waals surface area contributed by atoms with Crippen molar-refractivity contribution in [3.05, 3.63) is 41.5 Å². The summed E-state index contributed by atoms with van der Waals surface area (Å²) in [5, 5.41) is 5.53. The van der Waals surface area contributed by atoms with Gasteiger partial charge >= 0.3 is 5.97 Å². The lowest BCUT2D eigenvalue weighted by molar-refractivity contribution is -0.123. The Morgan fingerprint density at radius 2 is 1.56 bits per heavy atom. The van der Waals surface area contributed by atoms with E-state index >= 15 is 0 Å². The molecule has 0 unspecified atom stereocenters. The van der Waals surface area contributed by atoms with Gasteiger partial charge in [0.25, 0.3) is 5.91 Å². The number of nitrogens with zero attached hydrogens (tertiary/aromatic N) is 1. The van der Waals surface area contributed by atoms with Gasteiger partial charge in [-0.3, -0.25) is 9.59 Å². The minimum atomic E-state index is -0.781. The number of amides is 2. The number of anilines is 3. The Bertz CT molecular complexity index is 1130. The van der Waals surface area contributed by atoms with E-state index in [0.29, 0.717) is 11.4 Å². The van der Waals surface area contributed by atoms with Crippen LogP contribution in [-0.2, 0) is 14.3 Å². The van der Waals surface area contributed by atoms with Crippen molar-refractivity contribution in [3.63, 3.8) is 0 Å². The number of esters is 1. The predicted octanol–water partition coefficient (Wildman–Crippen LogP) is 4.39. The molecule has 9 nitrogen and oxygen atoms in total. The summed E-state index contributed by atoms with van der Waals surface area (Å²) in [5.74, 6) is -0.924. The van der Waals surface area contributed by atoms with Gasteiger partial charge in [0.05, 0.1) is 25.5 Å². The monoisotopic (exact) mass is 497 g/mol. The van der Waals surface area contributed by atoms with Crippen LogP contribution < -0.4 is 25.0 Å². The number of aryl methyl sites for hydroxylation is 1. The first-order valence-corrected chi connectivity index (χ1v) is 11.9. The number of benzene rings is 2. The standard InChI is InChI=1S/C27H35N3O6/c1-17-13-18(30-11-7-8-12-30)9-10-20(17)28-24(31)16-36-25(32)19-14-22(34-5)23(35-6)15-21(19)29-26(33)27(2,3)4/h9-10,13-15H,7-8,11-12,16H2,1-6H3,(H,28,31)(H,29,33). The zero-order valence-corrected chi connectivity index (χ0v) is 21.8. The van der Waals surface area contributed by atoms with Crippen LogP contribution in [0.2, 0.25) is 0 Å². The molecule has 3 rings (SSSR count). The molecule has 9 heteroatoms. The molecule has 0 saturated carbocycles. The average molecular weight is 498 g/mol. The topological polar surface area (TPSA) is 106 Å². The maximum atomic E-state index is 12.9. The summed E-state index contributed by atoms with van der Waals surface area (Å²) in [5.41, 5.74) is 2.26. The molecule has 1 aliphatic heterocycles. The van der Waals surface area contributed by atoms with Crippen molar-refractivity contribution in [2.75, 3.05) is 49.4 Å². The van der Waals surface area contributed by atoms with Crippen molar-refractivity contribution >= 4 is 34.8 Å². The van der Waals surface area contributed by atoms with Crippen LogP contribution >= 0.6 is 0 Å². The highest BCUT2D eigenvalue weighted by Crippen LogP contribution is 2.34. The van der Waals surface area contributed by atoms with Gasteiger partial charge in [-0.15, -0.1) is 0 Å². The van der Waals surface area contributed by atoms with Crippen LogP contribution in [-0.4, -0.2) is 51.7 Å². The molecule has 2 aromatic carbocycles. The van der Waals surface area contributed by atoms with Crippen LogP contribution in [0.3, 0.4) is 0 Å². The van der Waals surface area contributed by atoms with Gasteiger partial charge in [0.15, 0.2) is 18.1 Å². The molecule has 1 heterocycles. The molecule has 0 radical (unpaired) electrons. The molecule has 0 atom stereocenters. The van der Waals surface area contributed by atoms with Gasteiger partial charge < -0.3 is 29.7 Å². The molecule has 0 spiro atoms. The molecule has 0 aliphatic carbocycles. The quantitative estimate of drug-likeness (QED) is 0.521. The number of carbonyl (C=O) groups excluding carboxylic acids is 3. The normalized spacial score (nSPS) is 13.2. The first kappa shape index (κ1) is 26.8. The van der Waals surface area contributed by atoms with Crippen molar-refractivity contribution in [1.29, 1.82) is 0 Å². The zero-order chi connectivity index (χ0) is 26.5. The molecule has 0 bridgehead atoms. The van der Waals surface area contributed by atoms with E-state index in [-0.39, 0.29) is 22.9 Å². The van der Waals surface area contributed by atoms with E-state index in [1.807, 2.05) is 25.1 Å². The summed E-state index contributed by atoms with van der Waals surface area (Å²) in [6, 6.07) is 8.79. The molecule has 0 aromatic heterocycles. The summed E-state index contributed by atoms with van der Waals surface area (Å²) < 4.78 is 15.9. The second-order valence-corrected chi connectivity index (χ2v) is 9.77. The van der Waals surface area contributed by atoms with E-state index in [1.54, 1.807) is 20.8 Å². The van der Waals surface area contributed by atoms with E-state index in [1.165, 1.54) is 39.2 Å². The summed E-state index contributed by atoms with van der Waals surface area (Å²) >= 11 is 0. The lowest BCUT2D eigenvalue weighted by Gasteiger charge is -2.20. The van der Waals surface area contributed by atoms with Crippen molar-refractivity contribution in [2.24, 2.45) is 5.41 Å². The Balaban J connectivity index is 1.70. The SMILES string of the molecule is COc1cc(NC(=O)C(C)(C)C)c(C(=O)OCC(=O)Nc2ccc(N3CCCC3)cc2C)cc1OC. The van der Waals surface area contributed by atoms with E-state index in [2.05, 4.69) is 15.5 Å². The maximum Gasteiger partial charge on any atom is 0.340 e. The second-order valence-electron chi connectivity index (χ2n) is 9.77. The van der Waals surface area contributed by atoms with Crippen LogP contribution in [0.1, 0.15) is 49.5 Å². The molecule has 1 saturated heterocycles. The molecular weight excluding hydrogens is 462 g/mol. The average Bonchev–Trinajstić information content (AvgIpc) is 3.38. The number of nitrogens with one attached hydrogen (secondary N) is 2. The fraction of sp³-hybridized carbons (Fsp3) is 0.444. The van der Waals surface area contributed by atoms with E-state index < -0.39 is 23.9 Å². The number of methoxy groups -OCH3 is 2. The van der Waals surface area contributed by atoms with Gasteiger partial charge in [-0.1, -0.05) is 20.8 Å². The van der Waals surface area contributed by atoms with Crippen LogP contribution in [0, 0.1) is 12.3 Å². The van der Waals surface area contributed by atoms with E-state index in [9.17, 15) is 14.4 Å². The van der Waals surface area contributed by atoms with Crippen molar-refractivity contribution in [3.8, 4) is 11.5 Å². The fourth-order valence-corrected chi connectivity index (χ4v) is 3.82. The highest BCUT2D eigenvalue weighted by atomic mass is 16.5. The number of ether oxygens (including phenoxy) is 3. The number of rotatable bonds is 8. The Morgan fingerprint density at radius 3 is 2.14 bits per heavy atom. The molecule has 1 aliphatic rings. The van der Waals surface area contributed by atoms with Crippen LogP contribution in [0.25, 0.3) is 0 Å². The maximum absolute atomic E-state index is 12.9. The summed E-state index contributed by atoms with van der Waals surface area (Å²) in [6.45, 7) is 8.77.